The number of rotatable bonds is 5. The Kier molecular flexibility index (Phi) is 5.15. The number of nitrogens with zero attached hydrogens (tertiary/aromatic N) is 2. The molecular weight excluding hydrogens is 378 g/mol. The van der Waals surface area contributed by atoms with Crippen LogP contribution in [0.15, 0.2) is 53.6 Å². The van der Waals surface area contributed by atoms with Gasteiger partial charge in [-0.15, -0.1) is 0 Å². The van der Waals surface area contributed by atoms with Crippen LogP contribution in [0.25, 0.3) is 11.3 Å². The minimum absolute atomic E-state index is 0.0619. The average molecular weight is 397 g/mol. The third-order valence-electron chi connectivity index (χ3n) is 4.34. The number of carbonyl (C=O) groups is 1. The molecule has 0 saturated carbocycles. The van der Waals surface area contributed by atoms with E-state index in [2.05, 4.69) is 14.7 Å². The molecule has 0 saturated heterocycles. The lowest BCUT2D eigenvalue weighted by molar-refractivity contribution is 0.0696. The molecule has 0 amide bonds. The Morgan fingerprint density at radius 1 is 1.07 bits per heavy atom. The molecule has 0 fully saturated rings. The Hall–Kier alpha value is -3.26. The SMILES string of the molecule is Cc1nccc(-c2cccc(NS(=O)(=O)c3cc(C(=O)O)cc(C)c3C)c2)n1. The maximum absolute atomic E-state index is 12.9. The van der Waals surface area contributed by atoms with E-state index in [1.54, 1.807) is 51.2 Å². The number of aromatic nitrogens is 2. The summed E-state index contributed by atoms with van der Waals surface area (Å²) in [5.41, 5.74) is 2.78. The molecule has 8 heteroatoms. The van der Waals surface area contributed by atoms with Crippen LogP contribution in [0.1, 0.15) is 27.3 Å². The van der Waals surface area contributed by atoms with Gasteiger partial charge in [-0.1, -0.05) is 12.1 Å². The fourth-order valence-electron chi connectivity index (χ4n) is 2.80. The van der Waals surface area contributed by atoms with Gasteiger partial charge < -0.3 is 5.11 Å². The van der Waals surface area contributed by atoms with Crippen molar-refractivity contribution in [2.75, 3.05) is 4.72 Å². The summed E-state index contributed by atoms with van der Waals surface area (Å²) in [7, 11) is -3.98. The average Bonchev–Trinajstić information content (AvgIpc) is 2.63. The first-order valence-electron chi connectivity index (χ1n) is 8.45. The molecule has 0 spiro atoms. The third kappa shape index (κ3) is 4.01. The molecule has 0 aliphatic rings. The van der Waals surface area contributed by atoms with Crippen molar-refractivity contribution >= 4 is 21.7 Å². The van der Waals surface area contributed by atoms with Crippen LogP contribution < -0.4 is 4.72 Å². The number of nitrogens with one attached hydrogen (secondary N) is 1. The Morgan fingerprint density at radius 3 is 2.50 bits per heavy atom. The number of sulfonamides is 1. The van der Waals surface area contributed by atoms with Crippen LogP contribution in [0.2, 0.25) is 0 Å². The van der Waals surface area contributed by atoms with Crippen molar-refractivity contribution < 1.29 is 18.3 Å². The quantitative estimate of drug-likeness (QED) is 0.681. The highest BCUT2D eigenvalue weighted by atomic mass is 32.2. The summed E-state index contributed by atoms with van der Waals surface area (Å²) in [6.45, 7) is 5.10. The van der Waals surface area contributed by atoms with E-state index in [1.807, 2.05) is 6.07 Å². The van der Waals surface area contributed by atoms with Crippen molar-refractivity contribution in [1.29, 1.82) is 0 Å². The molecule has 0 aliphatic heterocycles. The number of aryl methyl sites for hydroxylation is 2. The van der Waals surface area contributed by atoms with Crippen LogP contribution in [-0.2, 0) is 10.0 Å². The highest BCUT2D eigenvalue weighted by Crippen LogP contribution is 2.26. The number of benzene rings is 2. The first kappa shape index (κ1) is 19.5. The zero-order valence-corrected chi connectivity index (χ0v) is 16.4. The van der Waals surface area contributed by atoms with Crippen molar-refractivity contribution in [3.8, 4) is 11.3 Å². The predicted molar refractivity (Wildman–Crippen MR) is 106 cm³/mol. The van der Waals surface area contributed by atoms with E-state index in [1.165, 1.54) is 12.1 Å². The van der Waals surface area contributed by atoms with Gasteiger partial charge in [0.2, 0.25) is 0 Å². The van der Waals surface area contributed by atoms with Gasteiger partial charge in [0.05, 0.1) is 16.2 Å². The van der Waals surface area contributed by atoms with Gasteiger partial charge in [-0.2, -0.15) is 0 Å². The fraction of sp³-hybridized carbons (Fsp3) is 0.150. The largest absolute Gasteiger partial charge is 0.478 e. The Labute approximate surface area is 163 Å². The molecule has 1 heterocycles. The second-order valence-corrected chi connectivity index (χ2v) is 8.05. The first-order valence-corrected chi connectivity index (χ1v) is 9.93. The van der Waals surface area contributed by atoms with Crippen LogP contribution in [0.3, 0.4) is 0 Å². The zero-order valence-electron chi connectivity index (χ0n) is 15.6. The van der Waals surface area contributed by atoms with E-state index < -0.39 is 16.0 Å². The highest BCUT2D eigenvalue weighted by molar-refractivity contribution is 7.92. The van der Waals surface area contributed by atoms with Gasteiger partial charge in [0.1, 0.15) is 5.82 Å². The van der Waals surface area contributed by atoms with Gasteiger partial charge in [-0.05, 0) is 62.2 Å². The molecule has 3 aromatic rings. The Balaban J connectivity index is 2.00. The van der Waals surface area contributed by atoms with Crippen molar-refractivity contribution in [3.63, 3.8) is 0 Å². The molecule has 2 aromatic carbocycles. The molecule has 1 aromatic heterocycles. The van der Waals surface area contributed by atoms with E-state index in [9.17, 15) is 18.3 Å². The van der Waals surface area contributed by atoms with Gasteiger partial charge in [-0.25, -0.2) is 23.2 Å². The summed E-state index contributed by atoms with van der Waals surface area (Å²) in [5.74, 6) is -0.569. The van der Waals surface area contributed by atoms with Crippen molar-refractivity contribution in [3.05, 3.63) is 71.2 Å². The van der Waals surface area contributed by atoms with Gasteiger partial charge in [0, 0.05) is 17.4 Å². The summed E-state index contributed by atoms with van der Waals surface area (Å²) < 4.78 is 28.4. The van der Waals surface area contributed by atoms with Crippen LogP contribution in [0.5, 0.6) is 0 Å². The van der Waals surface area contributed by atoms with E-state index in [0.717, 1.165) is 5.56 Å². The molecule has 2 N–H and O–H groups in total. The van der Waals surface area contributed by atoms with Crippen LogP contribution in [-0.4, -0.2) is 29.5 Å². The monoisotopic (exact) mass is 397 g/mol. The number of carboxylic acid groups (broad SMARTS) is 1. The molecule has 0 radical (unpaired) electrons. The summed E-state index contributed by atoms with van der Waals surface area (Å²) in [6.07, 6.45) is 1.64. The molecule has 0 atom stereocenters. The summed E-state index contributed by atoms with van der Waals surface area (Å²) in [6, 6.07) is 11.2. The lowest BCUT2D eigenvalue weighted by Crippen LogP contribution is -2.16. The van der Waals surface area contributed by atoms with Gasteiger partial charge in [0.25, 0.3) is 10.0 Å². The molecule has 144 valence electrons. The minimum Gasteiger partial charge on any atom is -0.478 e. The topological polar surface area (TPSA) is 109 Å². The number of anilines is 1. The fourth-order valence-corrected chi connectivity index (χ4v) is 4.19. The zero-order chi connectivity index (χ0) is 20.5. The highest BCUT2D eigenvalue weighted by Gasteiger charge is 2.21. The normalized spacial score (nSPS) is 11.2. The molecule has 0 aliphatic carbocycles. The van der Waals surface area contributed by atoms with Gasteiger partial charge >= 0.3 is 5.97 Å². The summed E-state index contributed by atoms with van der Waals surface area (Å²) >= 11 is 0. The Morgan fingerprint density at radius 2 is 1.82 bits per heavy atom. The molecule has 7 nitrogen and oxygen atoms in total. The molecule has 0 unspecified atom stereocenters. The molecule has 3 rings (SSSR count). The smallest absolute Gasteiger partial charge is 0.335 e. The van der Waals surface area contributed by atoms with Crippen molar-refractivity contribution in [2.24, 2.45) is 0 Å². The Bertz CT molecular complexity index is 1170. The molecule has 28 heavy (non-hydrogen) atoms. The van der Waals surface area contributed by atoms with Crippen molar-refractivity contribution in [2.45, 2.75) is 25.7 Å². The van der Waals surface area contributed by atoms with Crippen LogP contribution >= 0.6 is 0 Å². The third-order valence-corrected chi connectivity index (χ3v) is 5.85. The summed E-state index contributed by atoms with van der Waals surface area (Å²) in [5, 5.41) is 9.24. The lowest BCUT2D eigenvalue weighted by atomic mass is 10.1. The van der Waals surface area contributed by atoms with Crippen molar-refractivity contribution in [1.82, 2.24) is 9.97 Å². The standard InChI is InChI=1S/C20H19N3O4S/c1-12-9-16(20(24)25)11-19(13(12)2)28(26,27)23-17-6-4-5-15(10-17)18-7-8-21-14(3)22-18/h4-11,23H,1-3H3,(H,24,25). The maximum atomic E-state index is 12.9. The number of hydrogen-bond acceptors (Lipinski definition) is 5. The minimum atomic E-state index is -3.98. The van der Waals surface area contributed by atoms with Crippen LogP contribution in [0.4, 0.5) is 5.69 Å². The van der Waals surface area contributed by atoms with E-state index in [4.69, 9.17) is 0 Å². The van der Waals surface area contributed by atoms with Gasteiger partial charge in [0.15, 0.2) is 0 Å². The maximum Gasteiger partial charge on any atom is 0.335 e. The second kappa shape index (κ2) is 7.40. The molecular formula is C20H19N3O4S. The number of hydrogen-bond donors (Lipinski definition) is 2. The first-order chi connectivity index (χ1) is 13.2. The van der Waals surface area contributed by atoms with E-state index >= 15 is 0 Å². The predicted octanol–water partition coefficient (Wildman–Crippen LogP) is 3.57. The summed E-state index contributed by atoms with van der Waals surface area (Å²) in [4.78, 5) is 19.6. The lowest BCUT2D eigenvalue weighted by Gasteiger charge is -2.14. The molecule has 0 bridgehead atoms. The second-order valence-electron chi connectivity index (χ2n) is 6.40. The number of carboxylic acids is 1. The van der Waals surface area contributed by atoms with E-state index in [0.29, 0.717) is 28.3 Å². The van der Waals surface area contributed by atoms with Gasteiger partial charge in [-0.3, -0.25) is 4.72 Å². The van der Waals surface area contributed by atoms with E-state index in [-0.39, 0.29) is 10.5 Å². The van der Waals surface area contributed by atoms with Crippen LogP contribution in [0, 0.1) is 20.8 Å². The number of aromatic carboxylic acids is 1.